The van der Waals surface area contributed by atoms with E-state index in [2.05, 4.69) is 9.97 Å². The van der Waals surface area contributed by atoms with Crippen molar-refractivity contribution in [3.63, 3.8) is 0 Å². The second kappa shape index (κ2) is 8.54. The maximum absolute atomic E-state index is 13.2. The summed E-state index contributed by atoms with van der Waals surface area (Å²) in [5.74, 6) is 1.44. The maximum Gasteiger partial charge on any atom is 0.253 e. The lowest BCUT2D eigenvalue weighted by Crippen LogP contribution is -2.32. The molecule has 0 aromatic carbocycles. The molecule has 0 saturated heterocycles. The summed E-state index contributed by atoms with van der Waals surface area (Å²) >= 11 is 1.11. The molecule has 3 aromatic rings. The van der Waals surface area contributed by atoms with Crippen LogP contribution in [0, 0.1) is 5.92 Å². The number of allylic oxidation sites excluding steroid dienone is 1. The van der Waals surface area contributed by atoms with Crippen LogP contribution in [-0.2, 0) is 4.79 Å². The van der Waals surface area contributed by atoms with Crippen LogP contribution >= 0.6 is 11.8 Å². The number of nitrogen functional groups attached to an aromatic ring is 1. The molecule has 3 N–H and O–H groups in total. The number of anilines is 1. The third-order valence-electron chi connectivity index (χ3n) is 5.52. The molecule has 164 valence electrons. The Labute approximate surface area is 187 Å². The number of furan rings is 2. The second-order valence-corrected chi connectivity index (χ2v) is 8.60. The van der Waals surface area contributed by atoms with Gasteiger partial charge in [0.25, 0.3) is 11.5 Å². The van der Waals surface area contributed by atoms with Crippen LogP contribution in [0.25, 0.3) is 6.08 Å². The van der Waals surface area contributed by atoms with E-state index in [0.29, 0.717) is 10.9 Å². The normalized spacial score (nSPS) is 21.6. The standard InChI is InChI=1S/C22H21N5O4S/c23-17-11-18(28)25-22(24-17)32-12-19(29)27-21(16-7-3-9-31-16)15-6-1-4-13(20(15)26-27)10-14-5-2-8-30-14/h2-3,5,7-11,15,21H,1,4,6,12H2,(H3,23,24,25,28). The number of H-pyrrole nitrogens is 1. The first-order valence-electron chi connectivity index (χ1n) is 10.3. The topological polar surface area (TPSA) is 131 Å². The summed E-state index contributed by atoms with van der Waals surface area (Å²) < 4.78 is 11.2. The molecular weight excluding hydrogens is 430 g/mol. The zero-order chi connectivity index (χ0) is 22.1. The van der Waals surface area contributed by atoms with Gasteiger partial charge in [-0.1, -0.05) is 11.8 Å². The van der Waals surface area contributed by atoms with Crippen LogP contribution in [-0.4, -0.2) is 32.3 Å². The maximum atomic E-state index is 13.2. The lowest BCUT2D eigenvalue weighted by Gasteiger charge is -2.27. The molecule has 2 atom stereocenters. The van der Waals surface area contributed by atoms with Crippen LogP contribution in [0.5, 0.6) is 0 Å². The molecule has 5 rings (SSSR count). The van der Waals surface area contributed by atoms with E-state index in [-0.39, 0.29) is 35.0 Å². The number of carbonyl (C=O) groups excluding carboxylic acids is 1. The summed E-state index contributed by atoms with van der Waals surface area (Å²) in [7, 11) is 0. The van der Waals surface area contributed by atoms with Gasteiger partial charge in [0.1, 0.15) is 23.4 Å². The fourth-order valence-electron chi connectivity index (χ4n) is 4.21. The molecule has 1 amide bonds. The summed E-state index contributed by atoms with van der Waals surface area (Å²) in [6.07, 6.45) is 7.99. The molecule has 4 heterocycles. The van der Waals surface area contributed by atoms with E-state index in [4.69, 9.17) is 19.7 Å². The minimum atomic E-state index is -0.360. The Kier molecular flexibility index (Phi) is 5.44. The van der Waals surface area contributed by atoms with Gasteiger partial charge in [-0.25, -0.2) is 9.99 Å². The molecule has 1 saturated carbocycles. The van der Waals surface area contributed by atoms with Gasteiger partial charge < -0.3 is 19.6 Å². The molecule has 1 aliphatic heterocycles. The molecular formula is C22H21N5O4S. The number of hydrogen-bond acceptors (Lipinski definition) is 8. The number of thioether (sulfide) groups is 1. The lowest BCUT2D eigenvalue weighted by atomic mass is 9.79. The molecule has 0 radical (unpaired) electrons. The summed E-state index contributed by atoms with van der Waals surface area (Å²) in [6, 6.07) is 8.31. The van der Waals surface area contributed by atoms with Gasteiger partial charge in [0.2, 0.25) is 0 Å². The predicted octanol–water partition coefficient (Wildman–Crippen LogP) is 3.45. The van der Waals surface area contributed by atoms with Gasteiger partial charge in [0, 0.05) is 12.0 Å². The molecule has 32 heavy (non-hydrogen) atoms. The zero-order valence-corrected chi connectivity index (χ0v) is 17.9. The smallest absolute Gasteiger partial charge is 0.253 e. The highest BCUT2D eigenvalue weighted by molar-refractivity contribution is 7.99. The molecule has 3 aromatic heterocycles. The summed E-state index contributed by atoms with van der Waals surface area (Å²) in [5, 5.41) is 6.56. The van der Waals surface area contributed by atoms with Crippen LogP contribution in [0.15, 0.2) is 72.3 Å². The summed E-state index contributed by atoms with van der Waals surface area (Å²) in [6.45, 7) is 0. The van der Waals surface area contributed by atoms with Gasteiger partial charge in [-0.15, -0.1) is 0 Å². The highest BCUT2D eigenvalue weighted by Crippen LogP contribution is 2.44. The number of carbonyl (C=O) groups is 1. The lowest BCUT2D eigenvalue weighted by molar-refractivity contribution is -0.131. The van der Waals surface area contributed by atoms with Crippen LogP contribution in [0.1, 0.15) is 36.8 Å². The number of nitrogens with zero attached hydrogens (tertiary/aromatic N) is 3. The molecule has 2 aliphatic rings. The highest BCUT2D eigenvalue weighted by Gasteiger charge is 2.45. The fourth-order valence-corrected chi connectivity index (χ4v) is 4.94. The van der Waals surface area contributed by atoms with Gasteiger partial charge in [0.15, 0.2) is 5.16 Å². The Balaban J connectivity index is 1.43. The first kappa shape index (κ1) is 20.4. The number of hydrazone groups is 1. The minimum Gasteiger partial charge on any atom is -0.467 e. The van der Waals surface area contributed by atoms with Gasteiger partial charge in [-0.2, -0.15) is 5.10 Å². The Morgan fingerprint density at radius 2 is 2.16 bits per heavy atom. The van der Waals surface area contributed by atoms with E-state index in [0.717, 1.165) is 48.1 Å². The van der Waals surface area contributed by atoms with Gasteiger partial charge in [-0.3, -0.25) is 9.59 Å². The predicted molar refractivity (Wildman–Crippen MR) is 120 cm³/mol. The number of amides is 1. The molecule has 1 aliphatic carbocycles. The van der Waals surface area contributed by atoms with E-state index in [1.165, 1.54) is 11.1 Å². The second-order valence-electron chi connectivity index (χ2n) is 7.63. The number of hydrogen-bond donors (Lipinski definition) is 2. The Hall–Kier alpha value is -3.53. The van der Waals surface area contributed by atoms with Crippen LogP contribution in [0.2, 0.25) is 0 Å². The number of nitrogens with two attached hydrogens (primary N) is 1. The molecule has 0 spiro atoms. The Morgan fingerprint density at radius 3 is 2.91 bits per heavy atom. The third kappa shape index (κ3) is 4.01. The largest absolute Gasteiger partial charge is 0.467 e. The Bertz CT molecular complexity index is 1230. The average Bonchev–Trinajstić information content (AvgIpc) is 3.52. The van der Waals surface area contributed by atoms with Crippen molar-refractivity contribution in [1.29, 1.82) is 0 Å². The van der Waals surface area contributed by atoms with Crippen LogP contribution in [0.3, 0.4) is 0 Å². The third-order valence-corrected chi connectivity index (χ3v) is 6.38. The fraction of sp³-hybridized carbons (Fsp3) is 0.273. The average molecular weight is 452 g/mol. The van der Waals surface area contributed by atoms with Crippen molar-refractivity contribution >= 4 is 35.3 Å². The molecule has 9 nitrogen and oxygen atoms in total. The molecule has 1 fully saturated rings. The number of fused-ring (bicyclic) bond motifs is 1. The van der Waals surface area contributed by atoms with Crippen molar-refractivity contribution in [2.45, 2.75) is 30.5 Å². The van der Waals surface area contributed by atoms with Gasteiger partial charge in [0.05, 0.1) is 24.0 Å². The highest BCUT2D eigenvalue weighted by atomic mass is 32.2. The SMILES string of the molecule is Nc1cc(=O)[nH]c(SCC(=O)N2N=C3C(=Cc4ccco4)CCCC3C2c2ccco2)n1. The van der Waals surface area contributed by atoms with E-state index in [9.17, 15) is 9.59 Å². The van der Waals surface area contributed by atoms with Crippen LogP contribution < -0.4 is 11.3 Å². The van der Waals surface area contributed by atoms with E-state index < -0.39 is 0 Å². The van der Waals surface area contributed by atoms with Crippen molar-refractivity contribution in [2.75, 3.05) is 11.5 Å². The summed E-state index contributed by atoms with van der Waals surface area (Å²) in [4.78, 5) is 31.5. The van der Waals surface area contributed by atoms with E-state index in [1.54, 1.807) is 12.5 Å². The van der Waals surface area contributed by atoms with Crippen molar-refractivity contribution in [1.82, 2.24) is 15.0 Å². The van der Waals surface area contributed by atoms with Crippen LogP contribution in [0.4, 0.5) is 5.82 Å². The van der Waals surface area contributed by atoms with Crippen molar-refractivity contribution < 1.29 is 13.6 Å². The quantitative estimate of drug-likeness (QED) is 0.449. The number of aromatic amines is 1. The number of nitrogens with one attached hydrogen (secondary N) is 1. The molecule has 10 heteroatoms. The first-order chi connectivity index (χ1) is 15.6. The van der Waals surface area contributed by atoms with Crippen molar-refractivity contribution in [2.24, 2.45) is 11.0 Å². The van der Waals surface area contributed by atoms with E-state index in [1.807, 2.05) is 30.3 Å². The number of rotatable bonds is 5. The molecule has 0 bridgehead atoms. The minimum absolute atomic E-state index is 0.0374. The van der Waals surface area contributed by atoms with Gasteiger partial charge in [-0.05, 0) is 55.2 Å². The molecule has 2 unspecified atom stereocenters. The monoisotopic (exact) mass is 451 g/mol. The first-order valence-corrected chi connectivity index (χ1v) is 11.2. The summed E-state index contributed by atoms with van der Waals surface area (Å²) in [5.41, 5.74) is 7.23. The van der Waals surface area contributed by atoms with Crippen molar-refractivity contribution in [3.8, 4) is 0 Å². The zero-order valence-electron chi connectivity index (χ0n) is 17.1. The number of aromatic nitrogens is 2. The van der Waals surface area contributed by atoms with Crippen molar-refractivity contribution in [3.05, 3.63) is 70.3 Å². The van der Waals surface area contributed by atoms with Gasteiger partial charge >= 0.3 is 0 Å². The Morgan fingerprint density at radius 1 is 1.31 bits per heavy atom. The van der Waals surface area contributed by atoms with E-state index >= 15 is 0 Å².